The van der Waals surface area contributed by atoms with Gasteiger partial charge in [-0.2, -0.15) is 9.40 Å². The van der Waals surface area contributed by atoms with Crippen molar-refractivity contribution in [3.63, 3.8) is 0 Å². The predicted molar refractivity (Wildman–Crippen MR) is 85.0 cm³/mol. The van der Waals surface area contributed by atoms with Crippen molar-refractivity contribution in [3.05, 3.63) is 17.5 Å². The van der Waals surface area contributed by atoms with E-state index in [0.29, 0.717) is 26.2 Å². The molecule has 2 aliphatic heterocycles. The van der Waals surface area contributed by atoms with Crippen LogP contribution in [0.3, 0.4) is 0 Å². The van der Waals surface area contributed by atoms with Crippen molar-refractivity contribution < 1.29 is 13.2 Å². The van der Waals surface area contributed by atoms with E-state index in [9.17, 15) is 13.2 Å². The molecule has 1 saturated heterocycles. The minimum Gasteiger partial charge on any atom is -0.349 e. The van der Waals surface area contributed by atoms with Gasteiger partial charge in [0.05, 0.1) is 36.8 Å². The summed E-state index contributed by atoms with van der Waals surface area (Å²) in [6, 6.07) is 1.78. The van der Waals surface area contributed by atoms with Crippen LogP contribution in [0.4, 0.5) is 0 Å². The van der Waals surface area contributed by atoms with Crippen molar-refractivity contribution in [3.8, 4) is 0 Å². The SMILES string of the molecule is CS(=O)(=O)N1CCCn2nc(CNC(=O)C3CCCN3)cc2C1. The molecule has 3 rings (SSSR count). The van der Waals surface area contributed by atoms with E-state index in [1.54, 1.807) is 0 Å². The lowest BCUT2D eigenvalue weighted by atomic mass is 10.2. The number of fused-ring (bicyclic) bond motifs is 1. The third-order valence-corrected chi connectivity index (χ3v) is 5.57. The highest BCUT2D eigenvalue weighted by molar-refractivity contribution is 7.88. The number of hydrogen-bond donors (Lipinski definition) is 2. The maximum Gasteiger partial charge on any atom is 0.237 e. The predicted octanol–water partition coefficient (Wildman–Crippen LogP) is -0.583. The zero-order valence-corrected chi connectivity index (χ0v) is 14.1. The van der Waals surface area contributed by atoms with Gasteiger partial charge in [0.15, 0.2) is 0 Å². The Morgan fingerprint density at radius 2 is 2.26 bits per heavy atom. The molecule has 1 aromatic rings. The lowest BCUT2D eigenvalue weighted by Gasteiger charge is -2.16. The second kappa shape index (κ2) is 6.58. The highest BCUT2D eigenvalue weighted by Crippen LogP contribution is 2.16. The summed E-state index contributed by atoms with van der Waals surface area (Å²) >= 11 is 0. The zero-order chi connectivity index (χ0) is 16.4. The molecule has 1 fully saturated rings. The smallest absolute Gasteiger partial charge is 0.237 e. The van der Waals surface area contributed by atoms with Crippen LogP contribution in [0, 0.1) is 0 Å². The quantitative estimate of drug-likeness (QED) is 0.764. The first-order valence-corrected chi connectivity index (χ1v) is 9.80. The molecule has 23 heavy (non-hydrogen) atoms. The second-order valence-electron chi connectivity index (χ2n) is 6.17. The van der Waals surface area contributed by atoms with E-state index in [4.69, 9.17) is 0 Å². The summed E-state index contributed by atoms with van der Waals surface area (Å²) in [5.41, 5.74) is 1.64. The van der Waals surface area contributed by atoms with E-state index in [1.165, 1.54) is 10.6 Å². The normalized spacial score (nSPS) is 22.6. The van der Waals surface area contributed by atoms with Crippen molar-refractivity contribution in [1.82, 2.24) is 24.7 Å². The average molecular weight is 341 g/mol. The molecule has 1 atom stereocenters. The summed E-state index contributed by atoms with van der Waals surface area (Å²) in [6.45, 7) is 2.80. The van der Waals surface area contributed by atoms with Crippen molar-refractivity contribution >= 4 is 15.9 Å². The fourth-order valence-corrected chi connectivity index (χ4v) is 3.90. The van der Waals surface area contributed by atoms with Crippen LogP contribution in [0.15, 0.2) is 6.07 Å². The molecule has 1 aromatic heterocycles. The second-order valence-corrected chi connectivity index (χ2v) is 8.15. The fourth-order valence-electron chi connectivity index (χ4n) is 3.07. The fraction of sp³-hybridized carbons (Fsp3) is 0.714. The third-order valence-electron chi connectivity index (χ3n) is 4.32. The van der Waals surface area contributed by atoms with Gasteiger partial charge in [-0.05, 0) is 31.9 Å². The maximum absolute atomic E-state index is 12.0. The van der Waals surface area contributed by atoms with Crippen LogP contribution in [-0.2, 0) is 34.5 Å². The summed E-state index contributed by atoms with van der Waals surface area (Å²) in [4.78, 5) is 12.0. The van der Waals surface area contributed by atoms with Gasteiger partial charge in [-0.15, -0.1) is 0 Å². The first-order valence-electron chi connectivity index (χ1n) is 7.95. The topological polar surface area (TPSA) is 96.3 Å². The van der Waals surface area contributed by atoms with Crippen LogP contribution in [0.2, 0.25) is 0 Å². The highest BCUT2D eigenvalue weighted by atomic mass is 32.2. The van der Waals surface area contributed by atoms with E-state index in [-0.39, 0.29) is 11.9 Å². The molecule has 0 radical (unpaired) electrons. The number of aromatic nitrogens is 2. The maximum atomic E-state index is 12.0. The number of sulfonamides is 1. The van der Waals surface area contributed by atoms with Crippen LogP contribution in [0.25, 0.3) is 0 Å². The standard InChI is InChI=1S/C14H23N5O3S/c1-23(21,22)18-6-3-7-19-12(10-18)8-11(17-19)9-16-14(20)13-4-2-5-15-13/h8,13,15H,2-7,9-10H2,1H3,(H,16,20). The van der Waals surface area contributed by atoms with Gasteiger partial charge in [-0.25, -0.2) is 8.42 Å². The monoisotopic (exact) mass is 341 g/mol. The van der Waals surface area contributed by atoms with Crippen LogP contribution in [0.5, 0.6) is 0 Å². The number of nitrogens with one attached hydrogen (secondary N) is 2. The molecule has 0 spiro atoms. The molecule has 128 valence electrons. The Kier molecular flexibility index (Phi) is 4.69. The molecule has 0 aromatic carbocycles. The first-order chi connectivity index (χ1) is 10.9. The minimum absolute atomic E-state index is 0.00320. The van der Waals surface area contributed by atoms with Gasteiger partial charge in [0.25, 0.3) is 0 Å². The van der Waals surface area contributed by atoms with E-state index in [0.717, 1.165) is 37.2 Å². The molecular weight excluding hydrogens is 318 g/mol. The Hall–Kier alpha value is -1.45. The molecule has 9 heteroatoms. The summed E-state index contributed by atoms with van der Waals surface area (Å²) in [5.74, 6) is 0.00320. The lowest BCUT2D eigenvalue weighted by Crippen LogP contribution is -2.40. The molecular formula is C14H23N5O3S. The Morgan fingerprint density at radius 1 is 1.43 bits per heavy atom. The number of carbonyl (C=O) groups is 1. The summed E-state index contributed by atoms with van der Waals surface area (Å²) in [5, 5.41) is 10.5. The van der Waals surface area contributed by atoms with E-state index in [1.807, 2.05) is 10.7 Å². The van der Waals surface area contributed by atoms with Gasteiger partial charge >= 0.3 is 0 Å². The number of rotatable bonds is 4. The number of aryl methyl sites for hydroxylation is 1. The number of carbonyl (C=O) groups excluding carboxylic acids is 1. The molecule has 0 bridgehead atoms. The van der Waals surface area contributed by atoms with Crippen molar-refractivity contribution in [2.24, 2.45) is 0 Å². The van der Waals surface area contributed by atoms with E-state index < -0.39 is 10.0 Å². The Balaban J connectivity index is 1.64. The van der Waals surface area contributed by atoms with Gasteiger partial charge < -0.3 is 10.6 Å². The van der Waals surface area contributed by atoms with Gasteiger partial charge in [-0.3, -0.25) is 9.48 Å². The number of nitrogens with zero attached hydrogens (tertiary/aromatic N) is 3. The van der Waals surface area contributed by atoms with Crippen LogP contribution in [-0.4, -0.2) is 53.8 Å². The van der Waals surface area contributed by atoms with Crippen molar-refractivity contribution in [2.45, 2.75) is 44.9 Å². The van der Waals surface area contributed by atoms with Crippen LogP contribution < -0.4 is 10.6 Å². The van der Waals surface area contributed by atoms with Gasteiger partial charge in [0.2, 0.25) is 15.9 Å². The van der Waals surface area contributed by atoms with Gasteiger partial charge in [0, 0.05) is 13.1 Å². The number of hydrogen-bond acceptors (Lipinski definition) is 5. The average Bonchev–Trinajstić information content (AvgIpc) is 3.10. The molecule has 1 amide bonds. The van der Waals surface area contributed by atoms with E-state index >= 15 is 0 Å². The molecule has 0 saturated carbocycles. The molecule has 0 aliphatic carbocycles. The molecule has 2 N–H and O–H groups in total. The molecule has 8 nitrogen and oxygen atoms in total. The van der Waals surface area contributed by atoms with Gasteiger partial charge in [-0.1, -0.05) is 0 Å². The first kappa shape index (κ1) is 16.4. The number of amides is 1. The van der Waals surface area contributed by atoms with Crippen molar-refractivity contribution in [2.75, 3.05) is 19.3 Å². The summed E-state index contributed by atoms with van der Waals surface area (Å²) < 4.78 is 26.8. The van der Waals surface area contributed by atoms with Gasteiger partial charge in [0.1, 0.15) is 0 Å². The molecule has 3 heterocycles. The Bertz CT molecular complexity index is 679. The summed E-state index contributed by atoms with van der Waals surface area (Å²) in [7, 11) is -3.21. The summed E-state index contributed by atoms with van der Waals surface area (Å²) in [6.07, 6.45) is 3.86. The molecule has 1 unspecified atom stereocenters. The third kappa shape index (κ3) is 3.91. The zero-order valence-electron chi connectivity index (χ0n) is 13.3. The van der Waals surface area contributed by atoms with Crippen molar-refractivity contribution in [1.29, 1.82) is 0 Å². The molecule has 2 aliphatic rings. The van der Waals surface area contributed by atoms with Crippen LogP contribution >= 0.6 is 0 Å². The lowest BCUT2D eigenvalue weighted by molar-refractivity contribution is -0.122. The minimum atomic E-state index is -3.21. The Labute approximate surface area is 136 Å². The Morgan fingerprint density at radius 3 is 2.96 bits per heavy atom. The van der Waals surface area contributed by atoms with E-state index in [2.05, 4.69) is 15.7 Å². The largest absolute Gasteiger partial charge is 0.349 e. The van der Waals surface area contributed by atoms with Crippen LogP contribution in [0.1, 0.15) is 30.7 Å². The highest BCUT2D eigenvalue weighted by Gasteiger charge is 2.24.